The lowest BCUT2D eigenvalue weighted by molar-refractivity contribution is 0.0394. The lowest BCUT2D eigenvalue weighted by atomic mass is 9.98. The Morgan fingerprint density at radius 2 is 2.00 bits per heavy atom. The second-order valence-electron chi connectivity index (χ2n) is 8.54. The number of carbonyl (C=O) groups excluding carboxylic acids is 1. The van der Waals surface area contributed by atoms with E-state index in [2.05, 4.69) is 9.88 Å². The minimum Gasteiger partial charge on any atom is -0.370 e. The Kier molecular flexibility index (Phi) is 5.54. The van der Waals surface area contributed by atoms with Gasteiger partial charge in [-0.3, -0.25) is 9.78 Å². The molecule has 1 saturated heterocycles. The summed E-state index contributed by atoms with van der Waals surface area (Å²) in [5.74, 6) is 0.0787. The van der Waals surface area contributed by atoms with Gasteiger partial charge in [0.05, 0.1) is 23.9 Å². The van der Waals surface area contributed by atoms with Crippen LogP contribution in [-0.4, -0.2) is 47.5 Å². The molecular weight excluding hydrogens is 443 g/mol. The summed E-state index contributed by atoms with van der Waals surface area (Å²) in [6, 6.07) is 10.1. The number of pyridine rings is 2. The average Bonchev–Trinajstić information content (AvgIpc) is 3.03. The van der Waals surface area contributed by atoms with Gasteiger partial charge in [-0.1, -0.05) is 11.6 Å². The number of hydrogen-bond donors (Lipinski definition) is 0. The largest absolute Gasteiger partial charge is 0.370 e. The molecule has 1 amide bonds. The summed E-state index contributed by atoms with van der Waals surface area (Å²) in [4.78, 5) is 25.9. The fourth-order valence-electron chi connectivity index (χ4n) is 4.58. The molecule has 1 fully saturated rings. The Morgan fingerprint density at radius 3 is 2.76 bits per heavy atom. The first-order valence-corrected chi connectivity index (χ1v) is 11.3. The van der Waals surface area contributed by atoms with Crippen LogP contribution in [-0.2, 0) is 4.74 Å². The van der Waals surface area contributed by atoms with Gasteiger partial charge >= 0.3 is 0 Å². The van der Waals surface area contributed by atoms with Gasteiger partial charge < -0.3 is 14.5 Å². The molecule has 5 rings (SSSR count). The van der Waals surface area contributed by atoms with Crippen molar-refractivity contribution in [1.82, 2.24) is 14.9 Å². The molecular formula is C25H24ClFN4O2. The zero-order valence-electron chi connectivity index (χ0n) is 18.7. The van der Waals surface area contributed by atoms with Crippen LogP contribution in [0.5, 0.6) is 0 Å². The van der Waals surface area contributed by atoms with E-state index in [-0.39, 0.29) is 18.1 Å². The highest BCUT2D eigenvalue weighted by Crippen LogP contribution is 2.41. The van der Waals surface area contributed by atoms with E-state index in [1.165, 1.54) is 6.07 Å². The molecule has 1 aromatic carbocycles. The number of anilines is 1. The van der Waals surface area contributed by atoms with Gasteiger partial charge in [-0.25, -0.2) is 9.37 Å². The summed E-state index contributed by atoms with van der Waals surface area (Å²) < 4.78 is 21.0. The molecule has 2 atom stereocenters. The first-order chi connectivity index (χ1) is 15.8. The number of halogens is 2. The summed E-state index contributed by atoms with van der Waals surface area (Å²) in [5, 5.41) is 0.314. The minimum absolute atomic E-state index is 0.0914. The molecule has 0 bridgehead atoms. The van der Waals surface area contributed by atoms with Crippen LogP contribution in [0.4, 0.5) is 10.2 Å². The van der Waals surface area contributed by atoms with Gasteiger partial charge in [-0.05, 0) is 55.8 Å². The molecule has 8 heteroatoms. The fraction of sp³-hybridized carbons (Fsp3) is 0.320. The number of aromatic nitrogens is 2. The number of carbonyl (C=O) groups is 1. The van der Waals surface area contributed by atoms with Gasteiger partial charge in [-0.15, -0.1) is 0 Å². The lowest BCUT2D eigenvalue weighted by Gasteiger charge is -2.34. The molecule has 0 aliphatic carbocycles. The van der Waals surface area contributed by atoms with E-state index in [9.17, 15) is 9.18 Å². The van der Waals surface area contributed by atoms with Crippen LogP contribution in [0.3, 0.4) is 0 Å². The van der Waals surface area contributed by atoms with Crippen LogP contribution >= 0.6 is 11.6 Å². The maximum Gasteiger partial charge on any atom is 0.254 e. The maximum absolute atomic E-state index is 15.0. The molecule has 0 saturated carbocycles. The van der Waals surface area contributed by atoms with E-state index < -0.39 is 5.82 Å². The molecule has 2 aromatic heterocycles. The Hall–Kier alpha value is -3.03. The number of ether oxygens (including phenoxy) is 1. The molecule has 3 aromatic rings. The van der Waals surface area contributed by atoms with E-state index >= 15 is 0 Å². The standard InChI is InChI=1S/C25H24ClFN4O2/c1-14-10-16(6-7-28-14)21-13-31(8-9-33-21)22-12-19-23(15(2)30(3)25(19)32)24(29-22)18-5-4-17(26)11-20(18)27/h4-7,10-12,15,21H,8-9,13H2,1-3H3/t15-,21+/m0/s1. The molecule has 0 spiro atoms. The van der Waals surface area contributed by atoms with Crippen molar-refractivity contribution < 1.29 is 13.9 Å². The molecule has 4 heterocycles. The van der Waals surface area contributed by atoms with E-state index in [0.717, 1.165) is 16.8 Å². The zero-order valence-corrected chi connectivity index (χ0v) is 19.4. The summed E-state index contributed by atoms with van der Waals surface area (Å²) >= 11 is 5.99. The highest BCUT2D eigenvalue weighted by Gasteiger charge is 2.36. The summed E-state index contributed by atoms with van der Waals surface area (Å²) in [7, 11) is 1.76. The first kappa shape index (κ1) is 21.8. The van der Waals surface area contributed by atoms with E-state index in [4.69, 9.17) is 21.3 Å². The highest BCUT2D eigenvalue weighted by molar-refractivity contribution is 6.30. The molecule has 6 nitrogen and oxygen atoms in total. The number of aryl methyl sites for hydroxylation is 1. The second kappa shape index (κ2) is 8.39. The highest BCUT2D eigenvalue weighted by atomic mass is 35.5. The quantitative estimate of drug-likeness (QED) is 0.545. The van der Waals surface area contributed by atoms with Crippen molar-refractivity contribution in [1.29, 1.82) is 0 Å². The van der Waals surface area contributed by atoms with Crippen LogP contribution < -0.4 is 4.90 Å². The number of hydrogen-bond acceptors (Lipinski definition) is 5. The SMILES string of the molecule is Cc1cc([C@H]2CN(c3cc4c(c(-c5ccc(Cl)cc5F)n3)[C@H](C)N(C)C4=O)CCO2)ccn1. The number of rotatable bonds is 3. The third-order valence-electron chi connectivity index (χ3n) is 6.46. The number of nitrogens with zero attached hydrogens (tertiary/aromatic N) is 4. The summed E-state index contributed by atoms with van der Waals surface area (Å²) in [5.41, 5.74) is 4.07. The zero-order chi connectivity index (χ0) is 23.3. The molecule has 170 valence electrons. The van der Waals surface area contributed by atoms with Gasteiger partial charge in [0.25, 0.3) is 5.91 Å². The number of amides is 1. The van der Waals surface area contributed by atoms with Crippen molar-refractivity contribution in [2.24, 2.45) is 0 Å². The van der Waals surface area contributed by atoms with E-state index in [0.29, 0.717) is 47.4 Å². The van der Waals surface area contributed by atoms with Crippen LogP contribution in [0.25, 0.3) is 11.3 Å². The predicted octanol–water partition coefficient (Wildman–Crippen LogP) is 4.97. The van der Waals surface area contributed by atoms with Crippen molar-refractivity contribution in [3.05, 3.63) is 75.8 Å². The molecule has 33 heavy (non-hydrogen) atoms. The molecule has 2 aliphatic rings. The van der Waals surface area contributed by atoms with Gasteiger partial charge in [-0.2, -0.15) is 0 Å². The van der Waals surface area contributed by atoms with Crippen LogP contribution in [0.2, 0.25) is 5.02 Å². The van der Waals surface area contributed by atoms with E-state index in [1.54, 1.807) is 30.3 Å². The number of morpholine rings is 1. The van der Waals surface area contributed by atoms with Crippen LogP contribution in [0, 0.1) is 12.7 Å². The summed E-state index contributed by atoms with van der Waals surface area (Å²) in [6.07, 6.45) is 1.63. The monoisotopic (exact) mass is 466 g/mol. The van der Waals surface area contributed by atoms with Crippen molar-refractivity contribution in [3.8, 4) is 11.3 Å². The molecule has 0 unspecified atom stereocenters. The number of benzene rings is 1. The van der Waals surface area contributed by atoms with Gasteiger partial charge in [0, 0.05) is 48.2 Å². The Labute approximate surface area is 197 Å². The lowest BCUT2D eigenvalue weighted by Crippen LogP contribution is -2.39. The van der Waals surface area contributed by atoms with Gasteiger partial charge in [0.1, 0.15) is 17.7 Å². The maximum atomic E-state index is 15.0. The number of fused-ring (bicyclic) bond motifs is 1. The molecule has 0 N–H and O–H groups in total. The fourth-order valence-corrected chi connectivity index (χ4v) is 4.74. The van der Waals surface area contributed by atoms with Gasteiger partial charge in [0.15, 0.2) is 0 Å². The molecule has 2 aliphatic heterocycles. The van der Waals surface area contributed by atoms with Crippen LogP contribution in [0.15, 0.2) is 42.6 Å². The third-order valence-corrected chi connectivity index (χ3v) is 6.70. The van der Waals surface area contributed by atoms with Gasteiger partial charge in [0.2, 0.25) is 0 Å². The topological polar surface area (TPSA) is 58.6 Å². The predicted molar refractivity (Wildman–Crippen MR) is 125 cm³/mol. The summed E-state index contributed by atoms with van der Waals surface area (Å²) in [6.45, 7) is 5.58. The second-order valence-corrected chi connectivity index (χ2v) is 8.98. The van der Waals surface area contributed by atoms with Crippen molar-refractivity contribution in [3.63, 3.8) is 0 Å². The molecule has 0 radical (unpaired) electrons. The Balaban J connectivity index is 1.59. The third kappa shape index (κ3) is 3.85. The Bertz CT molecular complexity index is 1250. The van der Waals surface area contributed by atoms with Crippen LogP contribution in [0.1, 0.15) is 46.2 Å². The normalized spacial score (nSPS) is 20.3. The average molecular weight is 467 g/mol. The first-order valence-electron chi connectivity index (χ1n) is 10.9. The van der Waals surface area contributed by atoms with Crippen molar-refractivity contribution >= 4 is 23.3 Å². The van der Waals surface area contributed by atoms with Crippen molar-refractivity contribution in [2.75, 3.05) is 31.6 Å². The van der Waals surface area contributed by atoms with Crippen molar-refractivity contribution in [2.45, 2.75) is 26.0 Å². The minimum atomic E-state index is -0.462. The Morgan fingerprint density at radius 1 is 1.18 bits per heavy atom. The smallest absolute Gasteiger partial charge is 0.254 e. The van der Waals surface area contributed by atoms with E-state index in [1.807, 2.05) is 32.0 Å².